The molecule has 1 aromatic rings. The molecule has 0 aliphatic carbocycles. The van der Waals surface area contributed by atoms with Gasteiger partial charge < -0.3 is 10.0 Å². The van der Waals surface area contributed by atoms with Crippen molar-refractivity contribution >= 4 is 0 Å². The molecule has 0 amide bonds. The Morgan fingerprint density at radius 1 is 1.53 bits per heavy atom. The summed E-state index contributed by atoms with van der Waals surface area (Å²) in [5.74, 6) is -0.378. The van der Waals surface area contributed by atoms with Crippen LogP contribution in [0.2, 0.25) is 0 Å². The molecule has 0 fully saturated rings. The SMILES string of the molecule is CCN(C)CCC(O)c1ccc(F)cn1. The van der Waals surface area contributed by atoms with Gasteiger partial charge in [-0.3, -0.25) is 4.98 Å². The molecule has 15 heavy (non-hydrogen) atoms. The molecule has 84 valence electrons. The van der Waals surface area contributed by atoms with E-state index < -0.39 is 6.10 Å². The number of hydrogen-bond donors (Lipinski definition) is 1. The van der Waals surface area contributed by atoms with Crippen LogP contribution in [0.5, 0.6) is 0 Å². The second-order valence-corrected chi connectivity index (χ2v) is 3.60. The highest BCUT2D eigenvalue weighted by atomic mass is 19.1. The summed E-state index contributed by atoms with van der Waals surface area (Å²) in [6, 6.07) is 2.83. The zero-order valence-corrected chi connectivity index (χ0v) is 9.15. The van der Waals surface area contributed by atoms with Crippen molar-refractivity contribution in [1.29, 1.82) is 0 Å². The van der Waals surface area contributed by atoms with Gasteiger partial charge in [-0.15, -0.1) is 0 Å². The topological polar surface area (TPSA) is 36.4 Å². The molecule has 1 N–H and O–H groups in total. The molecular weight excluding hydrogens is 195 g/mol. The molecule has 1 aromatic heterocycles. The Hall–Kier alpha value is -1.00. The first-order valence-electron chi connectivity index (χ1n) is 5.11. The smallest absolute Gasteiger partial charge is 0.141 e. The number of rotatable bonds is 5. The average molecular weight is 212 g/mol. The maximum Gasteiger partial charge on any atom is 0.141 e. The van der Waals surface area contributed by atoms with Gasteiger partial charge in [-0.1, -0.05) is 6.92 Å². The van der Waals surface area contributed by atoms with Gasteiger partial charge in [0.25, 0.3) is 0 Å². The van der Waals surface area contributed by atoms with Crippen LogP contribution in [0.1, 0.15) is 25.1 Å². The van der Waals surface area contributed by atoms with E-state index >= 15 is 0 Å². The Bertz CT molecular complexity index is 289. The fourth-order valence-corrected chi connectivity index (χ4v) is 1.23. The normalized spacial score (nSPS) is 13.1. The highest BCUT2D eigenvalue weighted by molar-refractivity contribution is 5.07. The van der Waals surface area contributed by atoms with E-state index in [1.54, 1.807) is 0 Å². The third-order valence-electron chi connectivity index (χ3n) is 2.42. The second kappa shape index (κ2) is 5.78. The fraction of sp³-hybridized carbons (Fsp3) is 0.545. The summed E-state index contributed by atoms with van der Waals surface area (Å²) in [6.07, 6.45) is 1.13. The molecule has 1 heterocycles. The number of aliphatic hydroxyl groups is 1. The maximum absolute atomic E-state index is 12.6. The molecule has 0 saturated carbocycles. The third kappa shape index (κ3) is 3.93. The lowest BCUT2D eigenvalue weighted by Gasteiger charge is -2.16. The van der Waals surface area contributed by atoms with Crippen molar-refractivity contribution in [2.24, 2.45) is 0 Å². The monoisotopic (exact) mass is 212 g/mol. The Morgan fingerprint density at radius 2 is 2.27 bits per heavy atom. The van der Waals surface area contributed by atoms with Crippen molar-refractivity contribution in [3.8, 4) is 0 Å². The number of hydrogen-bond acceptors (Lipinski definition) is 3. The average Bonchev–Trinajstić information content (AvgIpc) is 2.26. The van der Waals surface area contributed by atoms with Crippen molar-refractivity contribution in [2.75, 3.05) is 20.1 Å². The van der Waals surface area contributed by atoms with Gasteiger partial charge in [-0.05, 0) is 32.1 Å². The van der Waals surface area contributed by atoms with Gasteiger partial charge >= 0.3 is 0 Å². The van der Waals surface area contributed by atoms with E-state index in [-0.39, 0.29) is 5.82 Å². The summed E-state index contributed by atoms with van der Waals surface area (Å²) < 4.78 is 12.6. The minimum Gasteiger partial charge on any atom is -0.387 e. The molecule has 1 rings (SSSR count). The van der Waals surface area contributed by atoms with E-state index in [9.17, 15) is 9.50 Å². The lowest BCUT2D eigenvalue weighted by molar-refractivity contribution is 0.146. The minimum absolute atomic E-state index is 0.378. The summed E-state index contributed by atoms with van der Waals surface area (Å²) in [7, 11) is 1.99. The van der Waals surface area contributed by atoms with Crippen molar-refractivity contribution in [2.45, 2.75) is 19.4 Å². The van der Waals surface area contributed by atoms with Crippen molar-refractivity contribution in [3.05, 3.63) is 29.8 Å². The van der Waals surface area contributed by atoms with Gasteiger partial charge in [-0.2, -0.15) is 0 Å². The Labute approximate surface area is 89.6 Å². The molecule has 4 heteroatoms. The summed E-state index contributed by atoms with van der Waals surface area (Å²) in [4.78, 5) is 5.94. The molecular formula is C11H17FN2O. The quantitative estimate of drug-likeness (QED) is 0.805. The largest absolute Gasteiger partial charge is 0.387 e. The van der Waals surface area contributed by atoms with Gasteiger partial charge in [0.05, 0.1) is 18.0 Å². The Kier molecular flexibility index (Phi) is 4.65. The summed E-state index contributed by atoms with van der Waals surface area (Å²) in [6.45, 7) is 3.81. The highest BCUT2D eigenvalue weighted by Gasteiger charge is 2.09. The molecule has 0 aromatic carbocycles. The molecule has 3 nitrogen and oxygen atoms in total. The zero-order valence-electron chi connectivity index (χ0n) is 9.15. The molecule has 1 atom stereocenters. The molecule has 0 bridgehead atoms. The Morgan fingerprint density at radius 3 is 2.80 bits per heavy atom. The minimum atomic E-state index is -0.611. The van der Waals surface area contributed by atoms with E-state index in [1.165, 1.54) is 12.1 Å². The van der Waals surface area contributed by atoms with E-state index in [0.29, 0.717) is 12.1 Å². The van der Waals surface area contributed by atoms with Crippen LogP contribution in [-0.4, -0.2) is 35.1 Å². The van der Waals surface area contributed by atoms with Gasteiger partial charge in [0.1, 0.15) is 5.82 Å². The second-order valence-electron chi connectivity index (χ2n) is 3.60. The molecule has 1 unspecified atom stereocenters. The first kappa shape index (κ1) is 12.1. The van der Waals surface area contributed by atoms with E-state index in [0.717, 1.165) is 19.3 Å². The van der Waals surface area contributed by atoms with E-state index in [1.807, 2.05) is 7.05 Å². The predicted octanol–water partition coefficient (Wildman–Crippen LogP) is 1.60. The van der Waals surface area contributed by atoms with Gasteiger partial charge in [0.2, 0.25) is 0 Å². The maximum atomic E-state index is 12.6. The van der Waals surface area contributed by atoms with Crippen LogP contribution in [0.3, 0.4) is 0 Å². The molecule has 0 aliphatic heterocycles. The van der Waals surface area contributed by atoms with Gasteiger partial charge in [-0.25, -0.2) is 4.39 Å². The first-order chi connectivity index (χ1) is 7.13. The number of pyridine rings is 1. The number of nitrogens with zero attached hydrogens (tertiary/aromatic N) is 2. The third-order valence-corrected chi connectivity index (χ3v) is 2.42. The molecule has 0 spiro atoms. The van der Waals surface area contributed by atoms with Crippen molar-refractivity contribution < 1.29 is 9.50 Å². The number of halogens is 1. The standard InChI is InChI=1S/C11H17FN2O/c1-3-14(2)7-6-11(15)10-5-4-9(12)8-13-10/h4-5,8,11,15H,3,6-7H2,1-2H3. The highest BCUT2D eigenvalue weighted by Crippen LogP contribution is 2.14. The lowest BCUT2D eigenvalue weighted by Crippen LogP contribution is -2.20. The molecule has 0 aliphatic rings. The predicted molar refractivity (Wildman–Crippen MR) is 56.9 cm³/mol. The van der Waals surface area contributed by atoms with Crippen LogP contribution in [0, 0.1) is 5.82 Å². The summed E-state index contributed by atoms with van der Waals surface area (Å²) in [5, 5.41) is 9.74. The van der Waals surface area contributed by atoms with Crippen LogP contribution in [-0.2, 0) is 0 Å². The van der Waals surface area contributed by atoms with Crippen molar-refractivity contribution in [1.82, 2.24) is 9.88 Å². The fourth-order valence-electron chi connectivity index (χ4n) is 1.23. The van der Waals surface area contributed by atoms with Gasteiger partial charge in [0.15, 0.2) is 0 Å². The zero-order chi connectivity index (χ0) is 11.3. The van der Waals surface area contributed by atoms with E-state index in [4.69, 9.17) is 0 Å². The molecule has 0 radical (unpaired) electrons. The Balaban J connectivity index is 2.46. The number of aromatic nitrogens is 1. The van der Waals surface area contributed by atoms with Crippen LogP contribution < -0.4 is 0 Å². The van der Waals surface area contributed by atoms with Crippen LogP contribution in [0.25, 0.3) is 0 Å². The first-order valence-corrected chi connectivity index (χ1v) is 5.11. The summed E-state index contributed by atoms with van der Waals surface area (Å²) >= 11 is 0. The van der Waals surface area contributed by atoms with Gasteiger partial charge in [0, 0.05) is 6.54 Å². The van der Waals surface area contributed by atoms with Crippen LogP contribution in [0.4, 0.5) is 4.39 Å². The van der Waals surface area contributed by atoms with Crippen molar-refractivity contribution in [3.63, 3.8) is 0 Å². The van der Waals surface area contributed by atoms with Crippen LogP contribution >= 0.6 is 0 Å². The number of aliphatic hydroxyl groups excluding tert-OH is 1. The van der Waals surface area contributed by atoms with E-state index in [2.05, 4.69) is 16.8 Å². The summed E-state index contributed by atoms with van der Waals surface area (Å²) in [5.41, 5.74) is 0.529. The lowest BCUT2D eigenvalue weighted by atomic mass is 10.1. The molecule has 0 saturated heterocycles. The van der Waals surface area contributed by atoms with Crippen LogP contribution in [0.15, 0.2) is 18.3 Å².